The third-order valence-corrected chi connectivity index (χ3v) is 2.14. The van der Waals surface area contributed by atoms with Crippen molar-refractivity contribution in [3.8, 4) is 0 Å². The van der Waals surface area contributed by atoms with Gasteiger partial charge in [-0.15, -0.1) is 0 Å². The van der Waals surface area contributed by atoms with Crippen LogP contribution in [0.2, 0.25) is 0 Å². The van der Waals surface area contributed by atoms with Crippen molar-refractivity contribution in [1.29, 1.82) is 0 Å². The molecule has 4 nitrogen and oxygen atoms in total. The number of amides is 1. The molecule has 0 rings (SSSR count). The third kappa shape index (κ3) is 4.24. The van der Waals surface area contributed by atoms with Crippen molar-refractivity contribution >= 4 is 5.91 Å². The molecule has 0 saturated carbocycles. The number of carbonyl (C=O) groups is 1. The molecular formula is C9H19NO3. The molecule has 78 valence electrons. The van der Waals surface area contributed by atoms with Crippen molar-refractivity contribution in [2.75, 3.05) is 13.2 Å². The number of carbonyl (C=O) groups excluding carboxylic acids is 1. The summed E-state index contributed by atoms with van der Waals surface area (Å²) in [7, 11) is 0. The molecule has 0 aromatic heterocycles. The van der Waals surface area contributed by atoms with Crippen molar-refractivity contribution in [1.82, 2.24) is 5.32 Å². The van der Waals surface area contributed by atoms with Gasteiger partial charge in [0.15, 0.2) is 0 Å². The Bertz CT molecular complexity index is 142. The molecule has 0 bridgehead atoms. The number of hydrogen-bond acceptors (Lipinski definition) is 3. The number of nitrogens with one attached hydrogen (secondary N) is 1. The Morgan fingerprint density at radius 2 is 1.69 bits per heavy atom. The summed E-state index contributed by atoms with van der Waals surface area (Å²) in [6.45, 7) is 3.45. The molecule has 0 heterocycles. The van der Waals surface area contributed by atoms with E-state index in [1.807, 2.05) is 13.8 Å². The molecule has 0 aliphatic heterocycles. The Kier molecular flexibility index (Phi) is 6.54. The Morgan fingerprint density at radius 3 is 2.00 bits per heavy atom. The maximum Gasteiger partial charge on any atom is 0.223 e. The summed E-state index contributed by atoms with van der Waals surface area (Å²) in [4.78, 5) is 11.4. The monoisotopic (exact) mass is 189 g/mol. The second-order valence-electron chi connectivity index (χ2n) is 3.08. The minimum Gasteiger partial charge on any atom is -0.394 e. The topological polar surface area (TPSA) is 69.6 Å². The molecule has 0 atom stereocenters. The molecule has 0 radical (unpaired) electrons. The smallest absolute Gasteiger partial charge is 0.223 e. The number of aliphatic hydroxyl groups is 2. The first-order valence-electron chi connectivity index (χ1n) is 4.71. The zero-order valence-electron chi connectivity index (χ0n) is 8.29. The first kappa shape index (κ1) is 12.4. The van der Waals surface area contributed by atoms with E-state index in [-0.39, 0.29) is 25.0 Å². The van der Waals surface area contributed by atoms with Crippen LogP contribution in [0.3, 0.4) is 0 Å². The van der Waals surface area contributed by atoms with Crippen LogP contribution in [-0.4, -0.2) is 35.4 Å². The van der Waals surface area contributed by atoms with Crippen LogP contribution >= 0.6 is 0 Å². The summed E-state index contributed by atoms with van der Waals surface area (Å²) in [6.07, 6.45) is 1.57. The summed E-state index contributed by atoms with van der Waals surface area (Å²) in [5.74, 6) is -0.0984. The highest BCUT2D eigenvalue weighted by Gasteiger charge is 2.17. The largest absolute Gasteiger partial charge is 0.394 e. The minimum absolute atomic E-state index is 0.0133. The van der Waals surface area contributed by atoms with Crippen LogP contribution in [0, 0.1) is 5.92 Å². The molecule has 0 unspecified atom stereocenters. The average molecular weight is 189 g/mol. The minimum atomic E-state index is -0.520. The van der Waals surface area contributed by atoms with E-state index in [1.165, 1.54) is 0 Å². The van der Waals surface area contributed by atoms with Crippen molar-refractivity contribution in [2.24, 2.45) is 5.92 Å². The van der Waals surface area contributed by atoms with Crippen molar-refractivity contribution in [2.45, 2.75) is 32.7 Å². The fraction of sp³-hybridized carbons (Fsp3) is 0.889. The molecule has 0 saturated heterocycles. The van der Waals surface area contributed by atoms with E-state index in [0.29, 0.717) is 0 Å². The normalized spacial score (nSPS) is 10.9. The molecule has 1 amide bonds. The molecule has 4 heteroatoms. The Hall–Kier alpha value is -0.610. The van der Waals surface area contributed by atoms with E-state index >= 15 is 0 Å². The van der Waals surface area contributed by atoms with E-state index in [1.54, 1.807) is 0 Å². The zero-order chi connectivity index (χ0) is 10.3. The van der Waals surface area contributed by atoms with Gasteiger partial charge in [0.05, 0.1) is 19.3 Å². The molecule has 13 heavy (non-hydrogen) atoms. The predicted molar refractivity (Wildman–Crippen MR) is 50.2 cm³/mol. The molecule has 0 aliphatic carbocycles. The molecule has 0 spiro atoms. The standard InChI is InChI=1S/C9H19NO3/c1-3-7(4-2)9(13)10-8(5-11)6-12/h7-8,11-12H,3-6H2,1-2H3,(H,10,13). The Balaban J connectivity index is 3.95. The number of rotatable bonds is 6. The lowest BCUT2D eigenvalue weighted by molar-refractivity contribution is -0.126. The summed E-state index contributed by atoms with van der Waals surface area (Å²) < 4.78 is 0. The quantitative estimate of drug-likeness (QED) is 0.546. The summed E-state index contributed by atoms with van der Waals surface area (Å²) in [5, 5.41) is 20.0. The highest BCUT2D eigenvalue weighted by Crippen LogP contribution is 2.07. The van der Waals surface area contributed by atoms with Crippen molar-refractivity contribution < 1.29 is 15.0 Å². The maximum absolute atomic E-state index is 11.4. The van der Waals surface area contributed by atoms with E-state index < -0.39 is 6.04 Å². The Labute approximate surface area is 79.0 Å². The first-order chi connectivity index (χ1) is 6.19. The van der Waals surface area contributed by atoms with Crippen molar-refractivity contribution in [3.05, 3.63) is 0 Å². The number of aliphatic hydroxyl groups excluding tert-OH is 2. The van der Waals surface area contributed by atoms with Crippen LogP contribution < -0.4 is 5.32 Å². The molecule has 0 aromatic carbocycles. The van der Waals surface area contributed by atoms with Gasteiger partial charge in [0, 0.05) is 5.92 Å². The second kappa shape index (κ2) is 6.86. The van der Waals surface area contributed by atoms with Crippen LogP contribution in [0.5, 0.6) is 0 Å². The van der Waals surface area contributed by atoms with Gasteiger partial charge in [-0.3, -0.25) is 4.79 Å². The highest BCUT2D eigenvalue weighted by molar-refractivity contribution is 5.78. The van der Waals surface area contributed by atoms with Gasteiger partial charge in [-0.1, -0.05) is 13.8 Å². The first-order valence-corrected chi connectivity index (χ1v) is 4.71. The number of hydrogen-bond donors (Lipinski definition) is 3. The Morgan fingerprint density at radius 1 is 1.23 bits per heavy atom. The lowest BCUT2D eigenvalue weighted by Crippen LogP contribution is -2.42. The van der Waals surface area contributed by atoms with Gasteiger partial charge >= 0.3 is 0 Å². The second-order valence-corrected chi connectivity index (χ2v) is 3.08. The third-order valence-electron chi connectivity index (χ3n) is 2.14. The average Bonchev–Trinajstić information content (AvgIpc) is 2.16. The van der Waals surface area contributed by atoms with Crippen LogP contribution in [0.4, 0.5) is 0 Å². The van der Waals surface area contributed by atoms with Gasteiger partial charge in [0.2, 0.25) is 5.91 Å². The highest BCUT2D eigenvalue weighted by atomic mass is 16.3. The van der Waals surface area contributed by atoms with E-state index in [9.17, 15) is 4.79 Å². The van der Waals surface area contributed by atoms with Crippen LogP contribution in [0.25, 0.3) is 0 Å². The molecular weight excluding hydrogens is 170 g/mol. The molecule has 3 N–H and O–H groups in total. The molecule has 0 aliphatic rings. The molecule has 0 aromatic rings. The van der Waals surface area contributed by atoms with Gasteiger partial charge in [-0.25, -0.2) is 0 Å². The SMILES string of the molecule is CCC(CC)C(=O)NC(CO)CO. The van der Waals surface area contributed by atoms with E-state index in [4.69, 9.17) is 10.2 Å². The zero-order valence-corrected chi connectivity index (χ0v) is 8.29. The molecule has 0 fully saturated rings. The summed E-state index contributed by atoms with van der Waals surface area (Å²) in [6, 6.07) is -0.520. The summed E-state index contributed by atoms with van der Waals surface area (Å²) in [5.41, 5.74) is 0. The summed E-state index contributed by atoms with van der Waals surface area (Å²) >= 11 is 0. The van der Waals surface area contributed by atoms with Gasteiger partial charge in [0.1, 0.15) is 0 Å². The van der Waals surface area contributed by atoms with Gasteiger partial charge in [0.25, 0.3) is 0 Å². The van der Waals surface area contributed by atoms with E-state index in [2.05, 4.69) is 5.32 Å². The fourth-order valence-electron chi connectivity index (χ4n) is 1.13. The fourth-order valence-corrected chi connectivity index (χ4v) is 1.13. The van der Waals surface area contributed by atoms with Crippen LogP contribution in [0.1, 0.15) is 26.7 Å². The van der Waals surface area contributed by atoms with Crippen LogP contribution in [0.15, 0.2) is 0 Å². The van der Waals surface area contributed by atoms with Gasteiger partial charge < -0.3 is 15.5 Å². The van der Waals surface area contributed by atoms with Gasteiger partial charge in [-0.05, 0) is 12.8 Å². The lowest BCUT2D eigenvalue weighted by atomic mass is 10.0. The predicted octanol–water partition coefficient (Wildman–Crippen LogP) is -0.108. The maximum atomic E-state index is 11.4. The van der Waals surface area contributed by atoms with E-state index in [0.717, 1.165) is 12.8 Å². The van der Waals surface area contributed by atoms with Crippen molar-refractivity contribution in [3.63, 3.8) is 0 Å². The van der Waals surface area contributed by atoms with Crippen LogP contribution in [-0.2, 0) is 4.79 Å². The lowest BCUT2D eigenvalue weighted by Gasteiger charge is -2.17. The van der Waals surface area contributed by atoms with Gasteiger partial charge in [-0.2, -0.15) is 0 Å².